The molecule has 1 amide bonds. The molecule has 7 heteroatoms. The molecule has 0 aliphatic carbocycles. The average molecular weight is 351 g/mol. The molecule has 1 heterocycles. The minimum Gasteiger partial charge on any atom is -0.325 e. The first-order chi connectivity index (χ1) is 9.36. The molecule has 3 nitrogen and oxygen atoms in total. The van der Waals surface area contributed by atoms with Gasteiger partial charge in [0.25, 0.3) is 0 Å². The highest BCUT2D eigenvalue weighted by Crippen LogP contribution is 2.36. The van der Waals surface area contributed by atoms with Crippen molar-refractivity contribution in [2.45, 2.75) is 19.0 Å². The zero-order valence-corrected chi connectivity index (χ0v) is 12.1. The van der Waals surface area contributed by atoms with Gasteiger partial charge >= 0.3 is 6.18 Å². The summed E-state index contributed by atoms with van der Waals surface area (Å²) in [5.41, 5.74) is -1.04. The number of anilines is 1. The van der Waals surface area contributed by atoms with Gasteiger partial charge in [0.15, 0.2) is 0 Å². The Labute approximate surface area is 123 Å². The topological polar surface area (TPSA) is 41.1 Å². The van der Waals surface area contributed by atoms with E-state index in [4.69, 9.17) is 0 Å². The molecule has 1 aromatic carbocycles. The van der Waals surface area contributed by atoms with E-state index in [-0.39, 0.29) is 23.9 Å². The van der Waals surface area contributed by atoms with Crippen molar-refractivity contribution < 1.29 is 18.0 Å². The second-order valence-electron chi connectivity index (χ2n) is 4.80. The molecule has 1 aromatic rings. The Balaban J connectivity index is 2.10. The van der Waals surface area contributed by atoms with Gasteiger partial charge in [-0.05, 0) is 43.6 Å². The fourth-order valence-electron chi connectivity index (χ4n) is 2.21. The van der Waals surface area contributed by atoms with Crippen LogP contribution in [0.4, 0.5) is 18.9 Å². The van der Waals surface area contributed by atoms with Crippen molar-refractivity contribution in [3.8, 4) is 0 Å². The van der Waals surface area contributed by atoms with Crippen LogP contribution in [0.1, 0.15) is 18.4 Å². The molecule has 1 atom stereocenters. The average Bonchev–Trinajstić information content (AvgIpc) is 2.82. The maximum absolute atomic E-state index is 12.9. The Morgan fingerprint density at radius 1 is 1.45 bits per heavy atom. The number of alkyl halides is 3. The highest BCUT2D eigenvalue weighted by molar-refractivity contribution is 9.10. The van der Waals surface area contributed by atoms with E-state index in [0.717, 1.165) is 25.6 Å². The number of benzene rings is 1. The van der Waals surface area contributed by atoms with Gasteiger partial charge in [0, 0.05) is 10.9 Å². The summed E-state index contributed by atoms with van der Waals surface area (Å²) in [6.07, 6.45) is -3.39. The SMILES string of the molecule is O=C(CC1CCNC1)Nc1ccc(Br)cc1C(F)(F)F. The van der Waals surface area contributed by atoms with Crippen LogP contribution in [0.2, 0.25) is 0 Å². The van der Waals surface area contributed by atoms with Gasteiger partial charge in [0.1, 0.15) is 0 Å². The van der Waals surface area contributed by atoms with E-state index < -0.39 is 11.7 Å². The standard InChI is InChI=1S/C13H14BrF3N2O/c14-9-1-2-11(10(6-9)13(15,16)17)19-12(20)5-8-3-4-18-7-8/h1-2,6,8,18H,3-5,7H2,(H,19,20). The van der Waals surface area contributed by atoms with Gasteiger partial charge < -0.3 is 10.6 Å². The van der Waals surface area contributed by atoms with Crippen LogP contribution in [0, 0.1) is 5.92 Å². The molecule has 0 spiro atoms. The molecule has 20 heavy (non-hydrogen) atoms. The number of hydrogen-bond donors (Lipinski definition) is 2. The van der Waals surface area contributed by atoms with Gasteiger partial charge in [0.05, 0.1) is 11.3 Å². The first-order valence-corrected chi connectivity index (χ1v) is 7.03. The number of hydrogen-bond acceptors (Lipinski definition) is 2. The highest BCUT2D eigenvalue weighted by Gasteiger charge is 2.34. The molecule has 1 fully saturated rings. The number of amides is 1. The van der Waals surface area contributed by atoms with Crippen LogP contribution in [-0.4, -0.2) is 19.0 Å². The van der Waals surface area contributed by atoms with Crippen LogP contribution >= 0.6 is 15.9 Å². The van der Waals surface area contributed by atoms with Crippen LogP contribution < -0.4 is 10.6 Å². The number of carbonyl (C=O) groups is 1. The van der Waals surface area contributed by atoms with Crippen molar-refractivity contribution in [2.75, 3.05) is 18.4 Å². The molecular formula is C13H14BrF3N2O. The summed E-state index contributed by atoms with van der Waals surface area (Å²) < 4.78 is 39.0. The lowest BCUT2D eigenvalue weighted by Gasteiger charge is -2.15. The largest absolute Gasteiger partial charge is 0.418 e. The van der Waals surface area contributed by atoms with E-state index in [1.807, 2.05) is 0 Å². The Hall–Kier alpha value is -1.08. The van der Waals surface area contributed by atoms with Gasteiger partial charge in [-0.15, -0.1) is 0 Å². The van der Waals surface area contributed by atoms with E-state index in [0.29, 0.717) is 4.47 Å². The van der Waals surface area contributed by atoms with Gasteiger partial charge in [-0.3, -0.25) is 4.79 Å². The zero-order valence-electron chi connectivity index (χ0n) is 10.6. The predicted octanol–water partition coefficient (Wildman–Crippen LogP) is 3.41. The van der Waals surface area contributed by atoms with Crippen LogP contribution in [0.3, 0.4) is 0 Å². The number of carbonyl (C=O) groups excluding carboxylic acids is 1. The molecule has 0 saturated carbocycles. The van der Waals surface area contributed by atoms with Gasteiger partial charge in [0.2, 0.25) is 5.91 Å². The molecule has 1 aliphatic rings. The molecule has 1 saturated heterocycles. The molecule has 0 bridgehead atoms. The van der Waals surface area contributed by atoms with Crippen molar-refractivity contribution in [1.82, 2.24) is 5.32 Å². The predicted molar refractivity (Wildman–Crippen MR) is 73.4 cm³/mol. The maximum Gasteiger partial charge on any atom is 0.418 e. The van der Waals surface area contributed by atoms with E-state index in [1.165, 1.54) is 12.1 Å². The van der Waals surface area contributed by atoms with Crippen molar-refractivity contribution >= 4 is 27.5 Å². The van der Waals surface area contributed by atoms with E-state index >= 15 is 0 Å². The van der Waals surface area contributed by atoms with Gasteiger partial charge in [-0.25, -0.2) is 0 Å². The van der Waals surface area contributed by atoms with Gasteiger partial charge in [-0.1, -0.05) is 15.9 Å². The van der Waals surface area contributed by atoms with Crippen LogP contribution in [-0.2, 0) is 11.0 Å². The summed E-state index contributed by atoms with van der Waals surface area (Å²) in [4.78, 5) is 11.8. The summed E-state index contributed by atoms with van der Waals surface area (Å²) in [6.45, 7) is 1.59. The zero-order chi connectivity index (χ0) is 14.8. The third-order valence-corrected chi connectivity index (χ3v) is 3.69. The molecule has 1 aliphatic heterocycles. The Morgan fingerprint density at radius 3 is 2.80 bits per heavy atom. The molecule has 1 unspecified atom stereocenters. The van der Waals surface area contributed by atoms with Crippen molar-refractivity contribution in [3.05, 3.63) is 28.2 Å². The van der Waals surface area contributed by atoms with Crippen LogP contribution in [0.15, 0.2) is 22.7 Å². The number of nitrogens with one attached hydrogen (secondary N) is 2. The summed E-state index contributed by atoms with van der Waals surface area (Å²) in [6, 6.07) is 3.70. The maximum atomic E-state index is 12.9. The first-order valence-electron chi connectivity index (χ1n) is 6.23. The van der Waals surface area contributed by atoms with Crippen molar-refractivity contribution in [3.63, 3.8) is 0 Å². The molecule has 2 rings (SSSR count). The quantitative estimate of drug-likeness (QED) is 0.876. The second-order valence-corrected chi connectivity index (χ2v) is 5.71. The van der Waals surface area contributed by atoms with Crippen LogP contribution in [0.5, 0.6) is 0 Å². The summed E-state index contributed by atoms with van der Waals surface area (Å²) in [5.74, 6) is -0.189. The number of rotatable bonds is 3. The fraction of sp³-hybridized carbons (Fsp3) is 0.462. The molecule has 2 N–H and O–H groups in total. The molecular weight excluding hydrogens is 337 g/mol. The Morgan fingerprint density at radius 2 is 2.20 bits per heavy atom. The minimum absolute atomic E-state index is 0.194. The first kappa shape index (κ1) is 15.3. The van der Waals surface area contributed by atoms with Gasteiger partial charge in [-0.2, -0.15) is 13.2 Å². The number of halogens is 4. The van der Waals surface area contributed by atoms with Crippen LogP contribution in [0.25, 0.3) is 0 Å². The summed E-state index contributed by atoms with van der Waals surface area (Å²) in [5, 5.41) is 5.48. The second kappa shape index (κ2) is 6.13. The third-order valence-electron chi connectivity index (χ3n) is 3.20. The fourth-order valence-corrected chi connectivity index (χ4v) is 2.57. The Kier molecular flexibility index (Phi) is 4.70. The normalized spacial score (nSPS) is 19.1. The molecule has 110 valence electrons. The minimum atomic E-state index is -4.50. The lowest BCUT2D eigenvalue weighted by atomic mass is 10.0. The molecule has 0 radical (unpaired) electrons. The monoisotopic (exact) mass is 350 g/mol. The molecule has 0 aromatic heterocycles. The highest BCUT2D eigenvalue weighted by atomic mass is 79.9. The van der Waals surface area contributed by atoms with E-state index in [9.17, 15) is 18.0 Å². The Bertz CT molecular complexity index is 499. The van der Waals surface area contributed by atoms with Crippen molar-refractivity contribution in [1.29, 1.82) is 0 Å². The lowest BCUT2D eigenvalue weighted by molar-refractivity contribution is -0.137. The van der Waals surface area contributed by atoms with Crippen molar-refractivity contribution in [2.24, 2.45) is 5.92 Å². The summed E-state index contributed by atoms with van der Waals surface area (Å²) in [7, 11) is 0. The van der Waals surface area contributed by atoms with E-state index in [2.05, 4.69) is 26.6 Å². The van der Waals surface area contributed by atoms with E-state index in [1.54, 1.807) is 0 Å². The lowest BCUT2D eigenvalue weighted by Crippen LogP contribution is -2.20. The summed E-state index contributed by atoms with van der Waals surface area (Å²) >= 11 is 3.00. The third kappa shape index (κ3) is 3.96. The smallest absolute Gasteiger partial charge is 0.325 e.